The van der Waals surface area contributed by atoms with E-state index in [1.165, 1.54) is 22.0 Å². The van der Waals surface area contributed by atoms with Gasteiger partial charge in [0.1, 0.15) is 0 Å². The third kappa shape index (κ3) is 4.90. The molecule has 0 saturated heterocycles. The molecule has 0 aliphatic rings. The van der Waals surface area contributed by atoms with Crippen LogP contribution in [-0.4, -0.2) is 26.5 Å². The van der Waals surface area contributed by atoms with Crippen LogP contribution in [0.2, 0.25) is 0 Å². The van der Waals surface area contributed by atoms with Gasteiger partial charge in [-0.3, -0.25) is 4.79 Å². The Labute approximate surface area is 170 Å². The number of thioether (sulfide) groups is 1. The molecule has 2 aromatic carbocycles. The molecule has 1 amide bonds. The zero-order valence-electron chi connectivity index (χ0n) is 14.9. The van der Waals surface area contributed by atoms with Gasteiger partial charge < -0.3 is 11.2 Å². The van der Waals surface area contributed by atoms with Gasteiger partial charge in [-0.1, -0.05) is 65.3 Å². The summed E-state index contributed by atoms with van der Waals surface area (Å²) in [5, 5.41) is 11.6. The average molecular weight is 446 g/mol. The van der Waals surface area contributed by atoms with Crippen molar-refractivity contribution < 1.29 is 4.79 Å². The maximum atomic E-state index is 12.2. The molecule has 0 atom stereocenters. The van der Waals surface area contributed by atoms with Gasteiger partial charge in [0.25, 0.3) is 0 Å². The third-order valence-corrected chi connectivity index (χ3v) is 5.52. The molecule has 0 radical (unpaired) electrons. The number of halogens is 1. The first kappa shape index (κ1) is 19.4. The quantitative estimate of drug-likeness (QED) is 0.422. The van der Waals surface area contributed by atoms with Gasteiger partial charge in [-0.15, -0.1) is 10.2 Å². The summed E-state index contributed by atoms with van der Waals surface area (Å²) in [5.41, 5.74) is 2.89. The topological polar surface area (TPSA) is 85.8 Å². The first-order chi connectivity index (χ1) is 13.1. The molecular weight excluding hydrogens is 426 g/mol. The lowest BCUT2D eigenvalue weighted by molar-refractivity contribution is -0.113. The number of carbonyl (C=O) groups excluding carboxylic acids is 1. The highest BCUT2D eigenvalue weighted by atomic mass is 79.9. The number of hydrogen-bond acceptors (Lipinski definition) is 5. The Bertz CT molecular complexity index is 926. The summed E-state index contributed by atoms with van der Waals surface area (Å²) >= 11 is 4.73. The minimum absolute atomic E-state index is 0.117. The lowest BCUT2D eigenvalue weighted by atomic mass is 10.1. The highest BCUT2D eigenvalue weighted by molar-refractivity contribution is 9.10. The second-order valence-electron chi connectivity index (χ2n) is 5.94. The van der Waals surface area contributed by atoms with Gasteiger partial charge in [-0.25, -0.2) is 4.68 Å². The van der Waals surface area contributed by atoms with Gasteiger partial charge in [0.05, 0.1) is 5.75 Å². The van der Waals surface area contributed by atoms with Crippen molar-refractivity contribution in [2.24, 2.45) is 0 Å². The number of carbonyl (C=O) groups is 1. The van der Waals surface area contributed by atoms with Gasteiger partial charge >= 0.3 is 0 Å². The van der Waals surface area contributed by atoms with E-state index in [0.29, 0.717) is 11.0 Å². The molecule has 0 saturated carbocycles. The second kappa shape index (κ2) is 9.05. The molecule has 0 bridgehead atoms. The molecule has 3 aromatic rings. The van der Waals surface area contributed by atoms with Gasteiger partial charge in [0.2, 0.25) is 11.1 Å². The highest BCUT2D eigenvalue weighted by Crippen LogP contribution is 2.27. The van der Waals surface area contributed by atoms with Crippen molar-refractivity contribution in [3.05, 3.63) is 58.6 Å². The number of nitrogens with two attached hydrogens (primary N) is 1. The Morgan fingerprint density at radius 1 is 1.19 bits per heavy atom. The van der Waals surface area contributed by atoms with Crippen molar-refractivity contribution in [3.63, 3.8) is 0 Å². The first-order valence-corrected chi connectivity index (χ1v) is 10.3. The van der Waals surface area contributed by atoms with E-state index in [4.69, 9.17) is 5.84 Å². The summed E-state index contributed by atoms with van der Waals surface area (Å²) in [5.74, 6) is 6.72. The van der Waals surface area contributed by atoms with E-state index < -0.39 is 0 Å². The van der Waals surface area contributed by atoms with E-state index >= 15 is 0 Å². The van der Waals surface area contributed by atoms with E-state index in [1.54, 1.807) is 0 Å². The zero-order chi connectivity index (χ0) is 19.2. The third-order valence-electron chi connectivity index (χ3n) is 3.89. The van der Waals surface area contributed by atoms with Crippen LogP contribution < -0.4 is 11.2 Å². The number of hydrogen-bond donors (Lipinski definition) is 2. The standard InChI is InChI=1S/C19H20BrN5OS/c1-2-5-13-8-10-14(11-9-13)22-17(26)12-27-19-24-23-18(25(19)21)15-6-3-4-7-16(15)20/h3-4,6-11H,2,5,12,21H2,1H3,(H,22,26). The Morgan fingerprint density at radius 2 is 1.93 bits per heavy atom. The number of anilines is 1. The number of rotatable bonds is 7. The minimum Gasteiger partial charge on any atom is -0.335 e. The van der Waals surface area contributed by atoms with Crippen LogP contribution in [0, 0.1) is 0 Å². The molecular formula is C19H20BrN5OS. The van der Waals surface area contributed by atoms with Crippen LogP contribution in [0.1, 0.15) is 18.9 Å². The smallest absolute Gasteiger partial charge is 0.234 e. The molecule has 8 heteroatoms. The van der Waals surface area contributed by atoms with Crippen LogP contribution in [0.5, 0.6) is 0 Å². The number of amides is 1. The van der Waals surface area contributed by atoms with E-state index in [9.17, 15) is 4.79 Å². The van der Waals surface area contributed by atoms with Crippen molar-refractivity contribution in [2.45, 2.75) is 24.9 Å². The van der Waals surface area contributed by atoms with Crippen molar-refractivity contribution >= 4 is 39.3 Å². The second-order valence-corrected chi connectivity index (χ2v) is 7.74. The molecule has 27 heavy (non-hydrogen) atoms. The van der Waals surface area contributed by atoms with Crippen molar-refractivity contribution in [1.82, 2.24) is 14.9 Å². The van der Waals surface area contributed by atoms with Crippen LogP contribution in [0.4, 0.5) is 5.69 Å². The maximum Gasteiger partial charge on any atom is 0.234 e. The molecule has 6 nitrogen and oxygen atoms in total. The van der Waals surface area contributed by atoms with Gasteiger partial charge in [-0.05, 0) is 36.2 Å². The van der Waals surface area contributed by atoms with Crippen molar-refractivity contribution in [2.75, 3.05) is 16.9 Å². The molecule has 0 aliphatic carbocycles. The summed E-state index contributed by atoms with van der Waals surface area (Å²) in [7, 11) is 0. The zero-order valence-corrected chi connectivity index (χ0v) is 17.3. The Morgan fingerprint density at radius 3 is 2.63 bits per heavy atom. The fourth-order valence-corrected chi connectivity index (χ4v) is 3.69. The van der Waals surface area contributed by atoms with E-state index in [2.05, 4.69) is 38.4 Å². The summed E-state index contributed by atoms with van der Waals surface area (Å²) in [6.07, 6.45) is 2.14. The lowest BCUT2D eigenvalue weighted by Crippen LogP contribution is -2.16. The van der Waals surface area contributed by atoms with Gasteiger partial charge in [0.15, 0.2) is 5.82 Å². The van der Waals surface area contributed by atoms with Gasteiger partial charge in [0, 0.05) is 15.7 Å². The average Bonchev–Trinajstić information content (AvgIpc) is 3.03. The monoisotopic (exact) mass is 445 g/mol. The molecule has 1 heterocycles. The number of aryl methyl sites for hydroxylation is 1. The summed E-state index contributed by atoms with van der Waals surface area (Å²) in [4.78, 5) is 12.2. The van der Waals surface area contributed by atoms with Crippen molar-refractivity contribution in [3.8, 4) is 11.4 Å². The fraction of sp³-hybridized carbons (Fsp3) is 0.211. The SMILES string of the molecule is CCCc1ccc(NC(=O)CSc2nnc(-c3ccccc3Br)n2N)cc1. The first-order valence-electron chi connectivity index (χ1n) is 8.55. The summed E-state index contributed by atoms with van der Waals surface area (Å²) < 4.78 is 2.28. The molecule has 0 spiro atoms. The number of nitrogens with one attached hydrogen (secondary N) is 1. The Balaban J connectivity index is 1.60. The van der Waals surface area contributed by atoms with E-state index in [0.717, 1.165) is 28.6 Å². The minimum atomic E-state index is -0.117. The van der Waals surface area contributed by atoms with Crippen LogP contribution in [-0.2, 0) is 11.2 Å². The number of benzene rings is 2. The van der Waals surface area contributed by atoms with Crippen LogP contribution in [0.15, 0.2) is 58.2 Å². The molecule has 0 aliphatic heterocycles. The molecule has 0 fully saturated rings. The summed E-state index contributed by atoms with van der Waals surface area (Å²) in [6.45, 7) is 2.14. The number of nitrogens with zero attached hydrogens (tertiary/aromatic N) is 3. The van der Waals surface area contributed by atoms with Gasteiger partial charge in [-0.2, -0.15) is 0 Å². The van der Waals surface area contributed by atoms with Crippen LogP contribution >= 0.6 is 27.7 Å². The molecule has 3 N–H and O–H groups in total. The van der Waals surface area contributed by atoms with Crippen LogP contribution in [0.25, 0.3) is 11.4 Å². The summed E-state index contributed by atoms with van der Waals surface area (Å²) in [6, 6.07) is 15.5. The molecule has 0 unspecified atom stereocenters. The van der Waals surface area contributed by atoms with E-state index in [1.807, 2.05) is 48.5 Å². The molecule has 3 rings (SSSR count). The largest absolute Gasteiger partial charge is 0.335 e. The molecule has 140 valence electrons. The maximum absolute atomic E-state index is 12.2. The Hall–Kier alpha value is -2.32. The predicted octanol–water partition coefficient (Wildman–Crippen LogP) is 4.10. The number of aromatic nitrogens is 3. The molecule has 1 aromatic heterocycles. The number of nitrogen functional groups attached to an aromatic ring is 1. The van der Waals surface area contributed by atoms with Crippen molar-refractivity contribution in [1.29, 1.82) is 0 Å². The van der Waals surface area contributed by atoms with Crippen LogP contribution in [0.3, 0.4) is 0 Å². The predicted molar refractivity (Wildman–Crippen MR) is 113 cm³/mol. The normalized spacial score (nSPS) is 10.7. The van der Waals surface area contributed by atoms with E-state index in [-0.39, 0.29) is 11.7 Å². The fourth-order valence-electron chi connectivity index (χ4n) is 2.57. The Kier molecular flexibility index (Phi) is 6.52. The lowest BCUT2D eigenvalue weighted by Gasteiger charge is -2.07. The highest BCUT2D eigenvalue weighted by Gasteiger charge is 2.15.